The maximum absolute atomic E-state index is 5.09. The monoisotopic (exact) mass is 531 g/mol. The number of fused-ring (bicyclic) bond motifs is 1. The summed E-state index contributed by atoms with van der Waals surface area (Å²) in [5.74, 6) is 3.73. The number of rotatable bonds is 5. The third-order valence-electron chi connectivity index (χ3n) is 6.87. The van der Waals surface area contributed by atoms with Crippen molar-refractivity contribution in [2.75, 3.05) is 39.3 Å². The summed E-state index contributed by atoms with van der Waals surface area (Å²) in [7, 11) is 0. The second kappa shape index (κ2) is 11.3. The molecule has 1 N–H and O–H groups in total. The molecule has 7 heteroatoms. The molecular formula is C22H38IN5S. The minimum absolute atomic E-state index is 0. The molecule has 2 atom stereocenters. The fourth-order valence-corrected chi connectivity index (χ4v) is 5.86. The number of piperidine rings is 1. The fraction of sp³-hybridized carbons (Fsp3) is 0.818. The molecule has 0 radical (unpaired) electrons. The number of thiazole rings is 1. The van der Waals surface area contributed by atoms with Crippen LogP contribution in [0.25, 0.3) is 0 Å². The fourth-order valence-electron chi connectivity index (χ4n) is 5.26. The van der Waals surface area contributed by atoms with E-state index < -0.39 is 0 Å². The van der Waals surface area contributed by atoms with Crippen molar-refractivity contribution in [2.45, 2.75) is 58.9 Å². The van der Waals surface area contributed by atoms with E-state index in [1.807, 2.05) is 0 Å². The largest absolute Gasteiger partial charge is 0.357 e. The summed E-state index contributed by atoms with van der Waals surface area (Å²) in [6, 6.07) is 0. The average molecular weight is 532 g/mol. The van der Waals surface area contributed by atoms with Crippen molar-refractivity contribution < 1.29 is 0 Å². The molecule has 164 valence electrons. The first-order valence-corrected chi connectivity index (χ1v) is 12.3. The molecule has 0 amide bonds. The highest BCUT2D eigenvalue weighted by atomic mass is 127. The van der Waals surface area contributed by atoms with E-state index in [-0.39, 0.29) is 24.0 Å². The molecule has 3 fully saturated rings. The summed E-state index contributed by atoms with van der Waals surface area (Å²) in [6.07, 6.45) is 8.24. The van der Waals surface area contributed by atoms with E-state index >= 15 is 0 Å². The lowest BCUT2D eigenvalue weighted by atomic mass is 9.82. The number of hydrogen-bond acceptors (Lipinski definition) is 4. The van der Waals surface area contributed by atoms with Crippen LogP contribution in [-0.4, -0.2) is 60.0 Å². The van der Waals surface area contributed by atoms with E-state index in [1.54, 1.807) is 11.3 Å². The molecular weight excluding hydrogens is 493 g/mol. The first-order valence-electron chi connectivity index (χ1n) is 11.4. The summed E-state index contributed by atoms with van der Waals surface area (Å²) in [6.45, 7) is 12.1. The van der Waals surface area contributed by atoms with Gasteiger partial charge in [0.1, 0.15) is 0 Å². The van der Waals surface area contributed by atoms with Crippen molar-refractivity contribution in [1.29, 1.82) is 0 Å². The van der Waals surface area contributed by atoms with Gasteiger partial charge in [0.2, 0.25) is 0 Å². The number of likely N-dealkylation sites (tertiary alicyclic amines) is 2. The number of aryl methyl sites for hydroxylation is 1. The summed E-state index contributed by atoms with van der Waals surface area (Å²) in [5.41, 5.74) is 1.24. The van der Waals surface area contributed by atoms with Crippen LogP contribution < -0.4 is 5.32 Å². The topological polar surface area (TPSA) is 43.8 Å². The number of nitrogens with zero attached hydrogens (tertiary/aromatic N) is 4. The van der Waals surface area contributed by atoms with Crippen LogP contribution in [0.1, 0.15) is 56.2 Å². The van der Waals surface area contributed by atoms with Crippen molar-refractivity contribution >= 4 is 41.3 Å². The van der Waals surface area contributed by atoms with E-state index in [0.29, 0.717) is 0 Å². The van der Waals surface area contributed by atoms with Gasteiger partial charge in [-0.25, -0.2) is 4.98 Å². The van der Waals surface area contributed by atoms with Crippen LogP contribution in [-0.2, 0) is 6.54 Å². The zero-order chi connectivity index (χ0) is 19.3. The van der Waals surface area contributed by atoms with Crippen molar-refractivity contribution in [3.63, 3.8) is 0 Å². The van der Waals surface area contributed by atoms with Crippen molar-refractivity contribution in [3.8, 4) is 0 Å². The molecule has 3 heterocycles. The molecule has 1 aromatic rings. The van der Waals surface area contributed by atoms with E-state index in [9.17, 15) is 0 Å². The third kappa shape index (κ3) is 6.29. The molecule has 1 aliphatic carbocycles. The Morgan fingerprint density at radius 2 is 1.86 bits per heavy atom. The lowest BCUT2D eigenvalue weighted by Crippen LogP contribution is -2.41. The highest BCUT2D eigenvalue weighted by Crippen LogP contribution is 2.36. The van der Waals surface area contributed by atoms with Gasteiger partial charge in [-0.2, -0.15) is 0 Å². The van der Waals surface area contributed by atoms with Gasteiger partial charge in [0.05, 0.1) is 10.7 Å². The van der Waals surface area contributed by atoms with Gasteiger partial charge in [0, 0.05) is 38.1 Å². The number of halogens is 1. The van der Waals surface area contributed by atoms with Crippen LogP contribution >= 0.6 is 35.3 Å². The first-order chi connectivity index (χ1) is 13.7. The Balaban J connectivity index is 0.00000240. The SMILES string of the molecule is CCNC(=NCC1CCN(Cc2csc(C)n2)CC1)N1CC2CCCCC2C1.I. The quantitative estimate of drug-likeness (QED) is 0.348. The summed E-state index contributed by atoms with van der Waals surface area (Å²) in [4.78, 5) is 14.8. The summed E-state index contributed by atoms with van der Waals surface area (Å²) in [5, 5.41) is 6.96. The maximum Gasteiger partial charge on any atom is 0.193 e. The Labute approximate surface area is 197 Å². The van der Waals surface area contributed by atoms with E-state index in [4.69, 9.17) is 4.99 Å². The summed E-state index contributed by atoms with van der Waals surface area (Å²) < 4.78 is 0. The highest BCUT2D eigenvalue weighted by Gasteiger charge is 2.35. The smallest absolute Gasteiger partial charge is 0.193 e. The molecule has 29 heavy (non-hydrogen) atoms. The van der Waals surface area contributed by atoms with Crippen LogP contribution in [0.4, 0.5) is 0 Å². The summed E-state index contributed by atoms with van der Waals surface area (Å²) >= 11 is 1.76. The molecule has 4 rings (SSSR count). The normalized spacial score (nSPS) is 26.3. The number of hydrogen-bond donors (Lipinski definition) is 1. The number of aliphatic imine (C=N–C) groups is 1. The molecule has 1 aromatic heterocycles. The third-order valence-corrected chi connectivity index (χ3v) is 7.69. The molecule has 0 bridgehead atoms. The molecule has 0 spiro atoms. The Bertz CT molecular complexity index is 641. The predicted octanol–water partition coefficient (Wildman–Crippen LogP) is 4.37. The van der Waals surface area contributed by atoms with Crippen LogP contribution in [0.5, 0.6) is 0 Å². The highest BCUT2D eigenvalue weighted by molar-refractivity contribution is 14.0. The molecule has 1 saturated carbocycles. The van der Waals surface area contributed by atoms with Crippen LogP contribution in [0, 0.1) is 24.7 Å². The van der Waals surface area contributed by atoms with E-state index in [1.165, 1.54) is 81.4 Å². The van der Waals surface area contributed by atoms with Crippen molar-refractivity contribution in [3.05, 3.63) is 16.1 Å². The van der Waals surface area contributed by atoms with E-state index in [0.717, 1.165) is 37.4 Å². The van der Waals surface area contributed by atoms with Gasteiger partial charge in [-0.1, -0.05) is 12.8 Å². The Hall–Kier alpha value is -0.410. The average Bonchev–Trinajstić information content (AvgIpc) is 3.32. The Morgan fingerprint density at radius 3 is 2.45 bits per heavy atom. The van der Waals surface area contributed by atoms with Gasteiger partial charge < -0.3 is 10.2 Å². The molecule has 0 aromatic carbocycles. The zero-order valence-corrected chi connectivity index (χ0v) is 21.3. The van der Waals surface area contributed by atoms with Gasteiger partial charge >= 0.3 is 0 Å². The zero-order valence-electron chi connectivity index (χ0n) is 18.1. The molecule has 2 unspecified atom stereocenters. The lowest BCUT2D eigenvalue weighted by molar-refractivity contribution is 0.179. The number of guanidine groups is 1. The van der Waals surface area contributed by atoms with Gasteiger partial charge in [-0.3, -0.25) is 9.89 Å². The minimum Gasteiger partial charge on any atom is -0.357 e. The second-order valence-corrected chi connectivity index (χ2v) is 10.0. The molecule has 2 aliphatic heterocycles. The van der Waals surface area contributed by atoms with E-state index in [2.05, 4.69) is 39.3 Å². The Kier molecular flexibility index (Phi) is 9.04. The first kappa shape index (κ1) is 23.3. The Morgan fingerprint density at radius 1 is 1.17 bits per heavy atom. The minimum atomic E-state index is 0. The number of nitrogens with one attached hydrogen (secondary N) is 1. The maximum atomic E-state index is 5.09. The molecule has 3 aliphatic rings. The second-order valence-electron chi connectivity index (χ2n) is 8.98. The van der Waals surface area contributed by atoms with Gasteiger partial charge in [-0.15, -0.1) is 35.3 Å². The van der Waals surface area contributed by atoms with Crippen LogP contribution in [0.15, 0.2) is 10.4 Å². The molecule has 5 nitrogen and oxygen atoms in total. The van der Waals surface area contributed by atoms with Crippen molar-refractivity contribution in [1.82, 2.24) is 20.1 Å². The number of aromatic nitrogens is 1. The molecule has 2 saturated heterocycles. The van der Waals surface area contributed by atoms with Crippen LogP contribution in [0.3, 0.4) is 0 Å². The lowest BCUT2D eigenvalue weighted by Gasteiger charge is -2.31. The van der Waals surface area contributed by atoms with Crippen LogP contribution in [0.2, 0.25) is 0 Å². The predicted molar refractivity (Wildman–Crippen MR) is 133 cm³/mol. The van der Waals surface area contributed by atoms with Gasteiger partial charge in [-0.05, 0) is 70.4 Å². The standard InChI is InChI=1S/C22H37N5S.HI/c1-3-23-22(27-13-19-6-4-5-7-20(19)14-27)24-12-18-8-10-26(11-9-18)15-21-16-28-17(2)25-21;/h16,18-20H,3-15H2,1-2H3,(H,23,24);1H. The van der Waals surface area contributed by atoms with Gasteiger partial charge in [0.15, 0.2) is 5.96 Å². The van der Waals surface area contributed by atoms with Crippen molar-refractivity contribution in [2.24, 2.45) is 22.7 Å². The van der Waals surface area contributed by atoms with Gasteiger partial charge in [0.25, 0.3) is 0 Å².